The number of benzene rings is 1. The lowest BCUT2D eigenvalue weighted by Crippen LogP contribution is -2.38. The molecule has 1 amide bonds. The number of aliphatic hydroxyl groups is 1. The highest BCUT2D eigenvalue weighted by molar-refractivity contribution is 5.97. The molecule has 0 fully saturated rings. The smallest absolute Gasteiger partial charge is 0.255 e. The van der Waals surface area contributed by atoms with Crippen molar-refractivity contribution in [1.29, 1.82) is 0 Å². The molecule has 0 bridgehead atoms. The highest BCUT2D eigenvalue weighted by Gasteiger charge is 2.17. The first-order valence-corrected chi connectivity index (χ1v) is 5.90. The topological polar surface area (TPSA) is 88.0 Å². The number of rotatable bonds is 7. The average Bonchev–Trinajstić information content (AvgIpc) is 2.39. The normalized spacial score (nSPS) is 11.9. The van der Waals surface area contributed by atoms with Gasteiger partial charge in [-0.05, 0) is 24.6 Å². The van der Waals surface area contributed by atoms with Crippen LogP contribution < -0.4 is 10.1 Å². The molecule has 0 aliphatic carbocycles. The summed E-state index contributed by atoms with van der Waals surface area (Å²) in [6, 6.07) is 4.10. The number of ether oxygens (including phenoxy) is 2. The van der Waals surface area contributed by atoms with E-state index in [9.17, 15) is 9.90 Å². The summed E-state index contributed by atoms with van der Waals surface area (Å²) >= 11 is 0. The highest BCUT2D eigenvalue weighted by Crippen LogP contribution is 2.22. The van der Waals surface area contributed by atoms with Gasteiger partial charge in [0.25, 0.3) is 5.91 Å². The van der Waals surface area contributed by atoms with E-state index in [2.05, 4.69) is 5.32 Å². The fraction of sp³-hybridized carbons (Fsp3) is 0.462. The Hall–Kier alpha value is -1.79. The summed E-state index contributed by atoms with van der Waals surface area (Å²) in [7, 11) is 2.99. The zero-order valence-electron chi connectivity index (χ0n) is 11.0. The minimum atomic E-state index is -0.438. The number of hydrogen-bond acceptors (Lipinski definition) is 5. The molecule has 0 radical (unpaired) electrons. The predicted octanol–water partition coefficient (Wildman–Crippen LogP) is 0.528. The standard InChI is InChI=1S/C13H19NO5/c1-18-8-9(5-6-15)14-13(17)11-7-10(19-2)3-4-12(11)16/h3-4,7,9,15-16H,5-6,8H2,1-2H3,(H,14,17). The van der Waals surface area contributed by atoms with Crippen LogP contribution in [-0.2, 0) is 4.74 Å². The molecule has 0 aliphatic rings. The maximum Gasteiger partial charge on any atom is 0.255 e. The van der Waals surface area contributed by atoms with Crippen molar-refractivity contribution < 1.29 is 24.5 Å². The van der Waals surface area contributed by atoms with E-state index in [-0.39, 0.29) is 30.6 Å². The fourth-order valence-corrected chi connectivity index (χ4v) is 1.64. The molecule has 0 heterocycles. The molecule has 0 aromatic heterocycles. The Kier molecular flexibility index (Phi) is 6.11. The molecule has 1 atom stereocenters. The summed E-state index contributed by atoms with van der Waals surface area (Å²) in [4.78, 5) is 12.0. The quantitative estimate of drug-likeness (QED) is 0.672. The number of phenolic OH excluding ortho intramolecular Hbond substituents is 1. The molecule has 6 heteroatoms. The molecule has 3 N–H and O–H groups in total. The van der Waals surface area contributed by atoms with Crippen LogP contribution in [0.2, 0.25) is 0 Å². The van der Waals surface area contributed by atoms with Crippen molar-refractivity contribution in [3.63, 3.8) is 0 Å². The molecule has 19 heavy (non-hydrogen) atoms. The van der Waals surface area contributed by atoms with E-state index in [1.165, 1.54) is 26.4 Å². The maximum absolute atomic E-state index is 12.0. The van der Waals surface area contributed by atoms with Gasteiger partial charge in [0.05, 0.1) is 25.3 Å². The molecule has 6 nitrogen and oxygen atoms in total. The monoisotopic (exact) mass is 269 g/mol. The summed E-state index contributed by atoms with van der Waals surface area (Å²) in [5.74, 6) is -0.0845. The van der Waals surface area contributed by atoms with Gasteiger partial charge >= 0.3 is 0 Å². The summed E-state index contributed by atoms with van der Waals surface area (Å²) in [6.45, 7) is 0.232. The number of amides is 1. The van der Waals surface area contributed by atoms with Gasteiger partial charge in [-0.3, -0.25) is 4.79 Å². The van der Waals surface area contributed by atoms with Crippen LogP contribution in [0.1, 0.15) is 16.8 Å². The van der Waals surface area contributed by atoms with Crippen LogP contribution in [0.15, 0.2) is 18.2 Å². The first kappa shape index (κ1) is 15.3. The van der Waals surface area contributed by atoms with Crippen molar-refractivity contribution in [2.75, 3.05) is 27.4 Å². The average molecular weight is 269 g/mol. The van der Waals surface area contributed by atoms with Gasteiger partial charge in [0, 0.05) is 13.7 Å². The minimum absolute atomic E-state index is 0.0571. The number of nitrogens with one attached hydrogen (secondary N) is 1. The van der Waals surface area contributed by atoms with E-state index in [1.54, 1.807) is 6.07 Å². The third-order valence-electron chi connectivity index (χ3n) is 2.63. The van der Waals surface area contributed by atoms with Crippen LogP contribution in [-0.4, -0.2) is 49.6 Å². The SMILES string of the molecule is COCC(CCO)NC(=O)c1cc(OC)ccc1O. The molecular weight excluding hydrogens is 250 g/mol. The molecule has 1 aromatic carbocycles. The van der Waals surface area contributed by atoms with Crippen LogP contribution in [0.4, 0.5) is 0 Å². The molecule has 1 aromatic rings. The van der Waals surface area contributed by atoms with Crippen molar-refractivity contribution in [3.8, 4) is 11.5 Å². The number of hydrogen-bond donors (Lipinski definition) is 3. The van der Waals surface area contributed by atoms with Crippen LogP contribution in [0, 0.1) is 0 Å². The van der Waals surface area contributed by atoms with Crippen molar-refractivity contribution in [2.24, 2.45) is 0 Å². The number of methoxy groups -OCH3 is 2. The lowest BCUT2D eigenvalue weighted by molar-refractivity contribution is 0.0876. The van der Waals surface area contributed by atoms with E-state index in [0.717, 1.165) is 0 Å². The maximum atomic E-state index is 12.0. The van der Waals surface area contributed by atoms with Gasteiger partial charge in [-0.2, -0.15) is 0 Å². The zero-order chi connectivity index (χ0) is 14.3. The number of phenols is 1. The summed E-state index contributed by atoms with van der Waals surface area (Å²) in [5, 5.41) is 21.3. The van der Waals surface area contributed by atoms with Crippen LogP contribution >= 0.6 is 0 Å². The van der Waals surface area contributed by atoms with E-state index in [1.807, 2.05) is 0 Å². The minimum Gasteiger partial charge on any atom is -0.507 e. The van der Waals surface area contributed by atoms with Crippen LogP contribution in [0.5, 0.6) is 11.5 Å². The van der Waals surface area contributed by atoms with Gasteiger partial charge < -0.3 is 25.0 Å². The Bertz CT molecular complexity index is 415. The summed E-state index contributed by atoms with van der Waals surface area (Å²) in [5.41, 5.74) is 0.124. The van der Waals surface area contributed by atoms with Gasteiger partial charge in [-0.15, -0.1) is 0 Å². The van der Waals surface area contributed by atoms with E-state index >= 15 is 0 Å². The van der Waals surface area contributed by atoms with Gasteiger partial charge in [0.1, 0.15) is 11.5 Å². The Labute approximate surface area is 112 Å². The molecule has 0 saturated carbocycles. The molecule has 1 unspecified atom stereocenters. The van der Waals surface area contributed by atoms with Crippen molar-refractivity contribution in [2.45, 2.75) is 12.5 Å². The van der Waals surface area contributed by atoms with Crippen LogP contribution in [0.3, 0.4) is 0 Å². The molecule has 0 aliphatic heterocycles. The number of aromatic hydroxyl groups is 1. The first-order valence-electron chi connectivity index (χ1n) is 5.90. The van der Waals surface area contributed by atoms with Gasteiger partial charge in [0.2, 0.25) is 0 Å². The number of carbonyl (C=O) groups excluding carboxylic acids is 1. The first-order chi connectivity index (χ1) is 9.12. The van der Waals surface area contributed by atoms with E-state index in [0.29, 0.717) is 12.2 Å². The predicted molar refractivity (Wildman–Crippen MR) is 69.5 cm³/mol. The van der Waals surface area contributed by atoms with Crippen molar-refractivity contribution in [3.05, 3.63) is 23.8 Å². The number of carbonyl (C=O) groups is 1. The lowest BCUT2D eigenvalue weighted by atomic mass is 10.1. The van der Waals surface area contributed by atoms with E-state index < -0.39 is 5.91 Å². The third kappa shape index (κ3) is 4.42. The van der Waals surface area contributed by atoms with Gasteiger partial charge in [-0.25, -0.2) is 0 Å². The molecule has 0 spiro atoms. The highest BCUT2D eigenvalue weighted by atomic mass is 16.5. The molecular formula is C13H19NO5. The Morgan fingerprint density at radius 2 is 2.16 bits per heavy atom. The molecule has 1 rings (SSSR count). The second-order valence-electron chi connectivity index (χ2n) is 4.02. The lowest BCUT2D eigenvalue weighted by Gasteiger charge is -2.17. The second kappa shape index (κ2) is 7.60. The van der Waals surface area contributed by atoms with Gasteiger partial charge in [0.15, 0.2) is 0 Å². The second-order valence-corrected chi connectivity index (χ2v) is 4.02. The van der Waals surface area contributed by atoms with Gasteiger partial charge in [-0.1, -0.05) is 0 Å². The Morgan fingerprint density at radius 3 is 2.74 bits per heavy atom. The fourth-order valence-electron chi connectivity index (χ4n) is 1.64. The third-order valence-corrected chi connectivity index (χ3v) is 2.63. The van der Waals surface area contributed by atoms with Crippen molar-refractivity contribution in [1.82, 2.24) is 5.32 Å². The summed E-state index contributed by atoms with van der Waals surface area (Å²) in [6.07, 6.45) is 0.379. The molecule has 0 saturated heterocycles. The van der Waals surface area contributed by atoms with E-state index in [4.69, 9.17) is 14.6 Å². The van der Waals surface area contributed by atoms with Crippen molar-refractivity contribution >= 4 is 5.91 Å². The molecule has 106 valence electrons. The zero-order valence-corrected chi connectivity index (χ0v) is 11.0. The number of aliphatic hydroxyl groups excluding tert-OH is 1. The van der Waals surface area contributed by atoms with Crippen LogP contribution in [0.25, 0.3) is 0 Å². The Morgan fingerprint density at radius 1 is 1.42 bits per heavy atom. The largest absolute Gasteiger partial charge is 0.507 e. The Balaban J connectivity index is 2.81. The summed E-state index contributed by atoms with van der Waals surface area (Å²) < 4.78 is 9.96.